The smallest absolute Gasteiger partial charge is 0.321 e. The first-order valence-electron chi connectivity index (χ1n) is 11.3. The number of carbonyl (C=O) groups is 1. The number of ether oxygens (including phenoxy) is 4. The second-order valence-electron chi connectivity index (χ2n) is 8.62. The minimum atomic E-state index is -0.511. The zero-order valence-electron chi connectivity index (χ0n) is 18.8. The summed E-state index contributed by atoms with van der Waals surface area (Å²) in [6.45, 7) is 7.26. The Morgan fingerprint density at radius 3 is 2.71 bits per heavy atom. The molecule has 4 rings (SSSR count). The van der Waals surface area contributed by atoms with Crippen molar-refractivity contribution in [3.05, 3.63) is 6.07 Å². The van der Waals surface area contributed by atoms with Crippen molar-refractivity contribution in [2.24, 2.45) is 11.3 Å². The van der Waals surface area contributed by atoms with E-state index in [9.17, 15) is 4.79 Å². The van der Waals surface area contributed by atoms with E-state index < -0.39 is 5.41 Å². The standard InChI is InChI=1S/C22H34N4O5/c1-4-31-20(27)22-7-5-17(25-9-11-30-12-10-25)13-16(22)6-8-26(15-22)18-14-19(28-2)24-21(23-18)29-3/h14,16-17H,4-13,15H2,1-3H3/t16-,17-,22-/m1/s1. The van der Waals surface area contributed by atoms with Gasteiger partial charge < -0.3 is 23.8 Å². The average Bonchev–Trinajstić information content (AvgIpc) is 2.83. The first-order chi connectivity index (χ1) is 15.1. The molecule has 9 nitrogen and oxygen atoms in total. The maximum atomic E-state index is 13.3. The van der Waals surface area contributed by atoms with Crippen molar-refractivity contribution < 1.29 is 23.7 Å². The Morgan fingerprint density at radius 1 is 1.19 bits per heavy atom. The van der Waals surface area contributed by atoms with Gasteiger partial charge in [-0.05, 0) is 38.5 Å². The fourth-order valence-electron chi connectivity index (χ4n) is 5.46. The zero-order valence-corrected chi connectivity index (χ0v) is 18.8. The van der Waals surface area contributed by atoms with Crippen LogP contribution in [0.15, 0.2) is 6.07 Å². The van der Waals surface area contributed by atoms with Gasteiger partial charge in [0.25, 0.3) is 0 Å². The second-order valence-corrected chi connectivity index (χ2v) is 8.62. The summed E-state index contributed by atoms with van der Waals surface area (Å²) in [6, 6.07) is 2.58. The van der Waals surface area contributed by atoms with Crippen LogP contribution in [0.25, 0.3) is 0 Å². The van der Waals surface area contributed by atoms with E-state index in [1.807, 2.05) is 6.92 Å². The second kappa shape index (κ2) is 9.56. The maximum absolute atomic E-state index is 13.3. The van der Waals surface area contributed by atoms with Gasteiger partial charge >= 0.3 is 12.0 Å². The molecule has 0 spiro atoms. The maximum Gasteiger partial charge on any atom is 0.321 e. The van der Waals surface area contributed by atoms with E-state index in [2.05, 4.69) is 19.8 Å². The van der Waals surface area contributed by atoms with Gasteiger partial charge in [0.1, 0.15) is 5.82 Å². The normalized spacial score (nSPS) is 29.2. The van der Waals surface area contributed by atoms with Crippen LogP contribution in [0.5, 0.6) is 11.9 Å². The van der Waals surface area contributed by atoms with Crippen molar-refractivity contribution >= 4 is 11.8 Å². The van der Waals surface area contributed by atoms with Crippen LogP contribution < -0.4 is 14.4 Å². The molecule has 2 saturated heterocycles. The number of carbonyl (C=O) groups excluding carboxylic acids is 1. The molecular weight excluding hydrogens is 400 g/mol. The Hall–Kier alpha value is -2.13. The van der Waals surface area contributed by atoms with E-state index in [1.54, 1.807) is 13.2 Å². The molecule has 0 N–H and O–H groups in total. The molecular formula is C22H34N4O5. The summed E-state index contributed by atoms with van der Waals surface area (Å²) < 4.78 is 21.7. The quantitative estimate of drug-likeness (QED) is 0.622. The summed E-state index contributed by atoms with van der Waals surface area (Å²) >= 11 is 0. The monoisotopic (exact) mass is 434 g/mol. The van der Waals surface area contributed by atoms with Gasteiger partial charge in [0.2, 0.25) is 5.88 Å². The predicted octanol–water partition coefficient (Wildman–Crippen LogP) is 1.75. The molecule has 1 saturated carbocycles. The predicted molar refractivity (Wildman–Crippen MR) is 115 cm³/mol. The van der Waals surface area contributed by atoms with Crippen LogP contribution >= 0.6 is 0 Å². The molecule has 2 aliphatic heterocycles. The van der Waals surface area contributed by atoms with E-state index in [0.717, 1.165) is 64.3 Å². The molecule has 31 heavy (non-hydrogen) atoms. The summed E-state index contributed by atoms with van der Waals surface area (Å²) in [5.41, 5.74) is -0.511. The highest BCUT2D eigenvalue weighted by atomic mass is 16.5. The van der Waals surface area contributed by atoms with Gasteiger partial charge in [-0.3, -0.25) is 9.69 Å². The number of esters is 1. The average molecular weight is 435 g/mol. The molecule has 1 aromatic heterocycles. The molecule has 0 amide bonds. The minimum Gasteiger partial charge on any atom is -0.481 e. The van der Waals surface area contributed by atoms with E-state index in [4.69, 9.17) is 18.9 Å². The van der Waals surface area contributed by atoms with Crippen molar-refractivity contribution in [3.8, 4) is 11.9 Å². The fourth-order valence-corrected chi connectivity index (χ4v) is 5.46. The Balaban J connectivity index is 1.57. The highest BCUT2D eigenvalue weighted by Crippen LogP contribution is 2.49. The van der Waals surface area contributed by atoms with Crippen LogP contribution in [-0.2, 0) is 14.3 Å². The van der Waals surface area contributed by atoms with Crippen molar-refractivity contribution in [2.75, 3.05) is 65.1 Å². The number of hydrogen-bond donors (Lipinski definition) is 0. The number of aromatic nitrogens is 2. The molecule has 3 aliphatic rings. The lowest BCUT2D eigenvalue weighted by molar-refractivity contribution is -0.164. The van der Waals surface area contributed by atoms with Crippen LogP contribution in [-0.4, -0.2) is 87.1 Å². The number of nitrogens with zero attached hydrogens (tertiary/aromatic N) is 4. The highest BCUT2D eigenvalue weighted by molar-refractivity contribution is 5.79. The zero-order chi connectivity index (χ0) is 21.8. The number of anilines is 1. The third-order valence-electron chi connectivity index (χ3n) is 7.11. The van der Waals surface area contributed by atoms with Crippen LogP contribution in [0, 0.1) is 11.3 Å². The minimum absolute atomic E-state index is 0.0712. The van der Waals surface area contributed by atoms with E-state index in [1.165, 1.54) is 7.11 Å². The molecule has 9 heteroatoms. The highest BCUT2D eigenvalue weighted by Gasteiger charge is 2.54. The molecule has 3 atom stereocenters. The van der Waals surface area contributed by atoms with Gasteiger partial charge in [-0.2, -0.15) is 9.97 Å². The largest absolute Gasteiger partial charge is 0.481 e. The first-order valence-corrected chi connectivity index (χ1v) is 11.3. The van der Waals surface area contributed by atoms with Gasteiger partial charge in [-0.15, -0.1) is 0 Å². The Bertz CT molecular complexity index is 750. The van der Waals surface area contributed by atoms with Crippen molar-refractivity contribution in [3.63, 3.8) is 0 Å². The van der Waals surface area contributed by atoms with Crippen LogP contribution in [0.3, 0.4) is 0 Å². The van der Waals surface area contributed by atoms with Gasteiger partial charge in [-0.25, -0.2) is 0 Å². The lowest BCUT2D eigenvalue weighted by Crippen LogP contribution is -2.59. The topological polar surface area (TPSA) is 86.2 Å². The Labute approximate surface area is 184 Å². The molecule has 0 aromatic carbocycles. The third-order valence-corrected chi connectivity index (χ3v) is 7.11. The van der Waals surface area contributed by atoms with Crippen LogP contribution in [0.1, 0.15) is 32.6 Å². The summed E-state index contributed by atoms with van der Waals surface area (Å²) in [6.07, 6.45) is 3.78. The van der Waals surface area contributed by atoms with E-state index in [0.29, 0.717) is 31.0 Å². The van der Waals surface area contributed by atoms with E-state index >= 15 is 0 Å². The molecule has 172 valence electrons. The van der Waals surface area contributed by atoms with E-state index in [-0.39, 0.29) is 12.0 Å². The Morgan fingerprint density at radius 2 is 2.00 bits per heavy atom. The molecule has 3 fully saturated rings. The van der Waals surface area contributed by atoms with Crippen molar-refractivity contribution in [2.45, 2.75) is 38.6 Å². The SMILES string of the molecule is CCOC(=O)[C@@]12CC[C@@H](N3CCOCC3)C[C@H]1CCN(c1cc(OC)nc(OC)n1)C2. The summed E-state index contributed by atoms with van der Waals surface area (Å²) in [7, 11) is 3.11. The number of methoxy groups -OCH3 is 2. The lowest BCUT2D eigenvalue weighted by atomic mass is 9.61. The molecule has 3 heterocycles. The molecule has 0 radical (unpaired) electrons. The Kier molecular flexibility index (Phi) is 6.81. The molecule has 0 unspecified atom stereocenters. The summed E-state index contributed by atoms with van der Waals surface area (Å²) in [5, 5.41) is 0. The number of rotatable bonds is 6. The lowest BCUT2D eigenvalue weighted by Gasteiger charge is -2.52. The third kappa shape index (κ3) is 4.43. The number of morpholine rings is 1. The van der Waals surface area contributed by atoms with Crippen molar-refractivity contribution in [1.29, 1.82) is 0 Å². The first kappa shape index (κ1) is 22.1. The van der Waals surface area contributed by atoms with Gasteiger partial charge in [-0.1, -0.05) is 0 Å². The fraction of sp³-hybridized carbons (Fsp3) is 0.773. The van der Waals surface area contributed by atoms with Gasteiger partial charge in [0.05, 0.1) is 39.5 Å². The number of piperidine rings is 1. The van der Waals surface area contributed by atoms with Crippen LogP contribution in [0.4, 0.5) is 5.82 Å². The number of hydrogen-bond acceptors (Lipinski definition) is 9. The molecule has 1 aromatic rings. The number of fused-ring (bicyclic) bond motifs is 1. The van der Waals surface area contributed by atoms with Gasteiger partial charge in [0, 0.05) is 38.3 Å². The van der Waals surface area contributed by atoms with Crippen LogP contribution in [0.2, 0.25) is 0 Å². The molecule has 0 bridgehead atoms. The molecule has 1 aliphatic carbocycles. The van der Waals surface area contributed by atoms with Gasteiger partial charge in [0.15, 0.2) is 0 Å². The van der Waals surface area contributed by atoms with Crippen molar-refractivity contribution in [1.82, 2.24) is 14.9 Å². The summed E-state index contributed by atoms with van der Waals surface area (Å²) in [5.74, 6) is 1.40. The summed E-state index contributed by atoms with van der Waals surface area (Å²) in [4.78, 5) is 26.7.